The SMILES string of the molecule is Cc1cccc(OCCN2CCCC(C(C)N)C2)c1.Cl. The average Bonchev–Trinajstić information content (AvgIpc) is 2.39. The molecule has 1 fully saturated rings. The molecule has 0 bridgehead atoms. The summed E-state index contributed by atoms with van der Waals surface area (Å²) >= 11 is 0. The molecule has 2 rings (SSSR count). The fourth-order valence-electron chi connectivity index (χ4n) is 2.72. The normalized spacial score (nSPS) is 21.1. The van der Waals surface area contributed by atoms with Gasteiger partial charge in [-0.1, -0.05) is 12.1 Å². The molecule has 2 unspecified atom stereocenters. The van der Waals surface area contributed by atoms with Crippen molar-refractivity contribution in [3.8, 4) is 5.75 Å². The first-order valence-electron chi connectivity index (χ1n) is 7.32. The van der Waals surface area contributed by atoms with Crippen molar-refractivity contribution in [1.82, 2.24) is 4.90 Å². The summed E-state index contributed by atoms with van der Waals surface area (Å²) < 4.78 is 5.81. The van der Waals surface area contributed by atoms with Gasteiger partial charge in [0, 0.05) is 19.1 Å². The first kappa shape index (κ1) is 17.3. The molecule has 2 atom stereocenters. The minimum atomic E-state index is 0. The first-order valence-corrected chi connectivity index (χ1v) is 7.32. The Morgan fingerprint density at radius 2 is 2.25 bits per heavy atom. The van der Waals surface area contributed by atoms with Crippen molar-refractivity contribution < 1.29 is 4.74 Å². The molecule has 0 amide bonds. The minimum absolute atomic E-state index is 0. The zero-order chi connectivity index (χ0) is 13.7. The van der Waals surface area contributed by atoms with E-state index in [4.69, 9.17) is 10.5 Å². The second-order valence-electron chi connectivity index (χ2n) is 5.73. The van der Waals surface area contributed by atoms with Gasteiger partial charge in [0.2, 0.25) is 0 Å². The molecule has 0 spiro atoms. The van der Waals surface area contributed by atoms with E-state index in [-0.39, 0.29) is 12.4 Å². The smallest absolute Gasteiger partial charge is 0.119 e. The zero-order valence-electron chi connectivity index (χ0n) is 12.5. The van der Waals surface area contributed by atoms with E-state index in [1.807, 2.05) is 12.1 Å². The lowest BCUT2D eigenvalue weighted by atomic mass is 9.92. The summed E-state index contributed by atoms with van der Waals surface area (Å²) in [6.07, 6.45) is 2.53. The lowest BCUT2D eigenvalue weighted by molar-refractivity contribution is 0.137. The number of rotatable bonds is 5. The highest BCUT2D eigenvalue weighted by Gasteiger charge is 2.22. The number of benzene rings is 1. The summed E-state index contributed by atoms with van der Waals surface area (Å²) in [6.45, 7) is 8.27. The van der Waals surface area contributed by atoms with Gasteiger partial charge >= 0.3 is 0 Å². The van der Waals surface area contributed by atoms with Crippen molar-refractivity contribution in [2.45, 2.75) is 32.7 Å². The van der Waals surface area contributed by atoms with E-state index in [9.17, 15) is 0 Å². The van der Waals surface area contributed by atoms with Crippen LogP contribution in [0.1, 0.15) is 25.3 Å². The van der Waals surface area contributed by atoms with Gasteiger partial charge in [-0.2, -0.15) is 0 Å². The standard InChI is InChI=1S/C16H26N2O.ClH/c1-13-5-3-7-16(11-13)19-10-9-18-8-4-6-15(12-18)14(2)17;/h3,5,7,11,14-15H,4,6,8-10,12,17H2,1-2H3;1H. The number of hydrogen-bond acceptors (Lipinski definition) is 3. The number of aryl methyl sites for hydroxylation is 1. The molecule has 1 aliphatic rings. The molecule has 0 aliphatic carbocycles. The molecule has 0 radical (unpaired) electrons. The fourth-order valence-corrected chi connectivity index (χ4v) is 2.72. The van der Waals surface area contributed by atoms with Gasteiger partial charge in [-0.05, 0) is 56.8 Å². The Morgan fingerprint density at radius 3 is 2.95 bits per heavy atom. The second-order valence-corrected chi connectivity index (χ2v) is 5.73. The average molecular weight is 299 g/mol. The second kappa shape index (κ2) is 8.50. The molecule has 0 saturated carbocycles. The third-order valence-electron chi connectivity index (χ3n) is 3.95. The van der Waals surface area contributed by atoms with E-state index < -0.39 is 0 Å². The molecular weight excluding hydrogens is 272 g/mol. The molecule has 1 aromatic rings. The Kier molecular flexibility index (Phi) is 7.35. The molecular formula is C16H27ClN2O. The monoisotopic (exact) mass is 298 g/mol. The van der Waals surface area contributed by atoms with Gasteiger partial charge in [-0.25, -0.2) is 0 Å². The molecule has 1 saturated heterocycles. The summed E-state index contributed by atoms with van der Waals surface area (Å²) in [6, 6.07) is 8.54. The highest BCUT2D eigenvalue weighted by molar-refractivity contribution is 5.85. The molecule has 3 nitrogen and oxygen atoms in total. The third-order valence-corrected chi connectivity index (χ3v) is 3.95. The molecule has 2 N–H and O–H groups in total. The molecule has 1 heterocycles. The summed E-state index contributed by atoms with van der Waals surface area (Å²) in [4.78, 5) is 2.48. The van der Waals surface area contributed by atoms with Crippen molar-refractivity contribution in [2.75, 3.05) is 26.2 Å². The number of likely N-dealkylation sites (tertiary alicyclic amines) is 1. The van der Waals surface area contributed by atoms with Crippen molar-refractivity contribution in [1.29, 1.82) is 0 Å². The van der Waals surface area contributed by atoms with Gasteiger partial charge in [0.05, 0.1) is 0 Å². The Bertz CT molecular complexity index is 398. The van der Waals surface area contributed by atoms with E-state index in [0.717, 1.165) is 25.4 Å². The van der Waals surface area contributed by atoms with Gasteiger partial charge < -0.3 is 10.5 Å². The predicted octanol–water partition coefficient (Wildman–Crippen LogP) is 2.85. The Labute approximate surface area is 128 Å². The van der Waals surface area contributed by atoms with Crippen molar-refractivity contribution in [3.63, 3.8) is 0 Å². The van der Waals surface area contributed by atoms with Crippen LogP contribution in [0, 0.1) is 12.8 Å². The molecule has 114 valence electrons. The van der Waals surface area contributed by atoms with Crippen LogP contribution in [-0.2, 0) is 0 Å². The Balaban J connectivity index is 0.00000200. The summed E-state index contributed by atoms with van der Waals surface area (Å²) in [5.74, 6) is 1.62. The van der Waals surface area contributed by atoms with E-state index in [2.05, 4.69) is 30.9 Å². The number of hydrogen-bond donors (Lipinski definition) is 1. The van der Waals surface area contributed by atoms with Crippen molar-refractivity contribution in [3.05, 3.63) is 29.8 Å². The van der Waals surface area contributed by atoms with Crippen LogP contribution in [0.5, 0.6) is 5.75 Å². The number of nitrogens with zero attached hydrogens (tertiary/aromatic N) is 1. The Hall–Kier alpha value is -0.770. The predicted molar refractivity (Wildman–Crippen MR) is 86.7 cm³/mol. The maximum Gasteiger partial charge on any atom is 0.119 e. The van der Waals surface area contributed by atoms with Crippen LogP contribution in [0.4, 0.5) is 0 Å². The quantitative estimate of drug-likeness (QED) is 0.908. The maximum atomic E-state index is 6.01. The molecule has 1 aliphatic heterocycles. The minimum Gasteiger partial charge on any atom is -0.492 e. The number of halogens is 1. The largest absolute Gasteiger partial charge is 0.492 e. The van der Waals surface area contributed by atoms with Crippen LogP contribution in [0.15, 0.2) is 24.3 Å². The lowest BCUT2D eigenvalue weighted by Crippen LogP contribution is -2.43. The van der Waals surface area contributed by atoms with Crippen LogP contribution < -0.4 is 10.5 Å². The van der Waals surface area contributed by atoms with Gasteiger partial charge in [-0.3, -0.25) is 4.90 Å². The van der Waals surface area contributed by atoms with Crippen LogP contribution in [0.25, 0.3) is 0 Å². The molecule has 4 heteroatoms. The van der Waals surface area contributed by atoms with Crippen LogP contribution >= 0.6 is 12.4 Å². The van der Waals surface area contributed by atoms with Crippen molar-refractivity contribution in [2.24, 2.45) is 11.7 Å². The van der Waals surface area contributed by atoms with Gasteiger partial charge in [0.25, 0.3) is 0 Å². The molecule has 1 aromatic carbocycles. The highest BCUT2D eigenvalue weighted by atomic mass is 35.5. The number of nitrogens with two attached hydrogens (primary N) is 1. The van der Waals surface area contributed by atoms with Gasteiger partial charge in [-0.15, -0.1) is 12.4 Å². The summed E-state index contributed by atoms with van der Waals surface area (Å²) in [5, 5.41) is 0. The number of ether oxygens (including phenoxy) is 1. The molecule has 20 heavy (non-hydrogen) atoms. The number of piperidine rings is 1. The van der Waals surface area contributed by atoms with E-state index >= 15 is 0 Å². The lowest BCUT2D eigenvalue weighted by Gasteiger charge is -2.34. The summed E-state index contributed by atoms with van der Waals surface area (Å²) in [5.41, 5.74) is 7.25. The van der Waals surface area contributed by atoms with Crippen LogP contribution in [-0.4, -0.2) is 37.2 Å². The van der Waals surface area contributed by atoms with E-state index in [1.54, 1.807) is 0 Å². The highest BCUT2D eigenvalue weighted by Crippen LogP contribution is 2.18. The Morgan fingerprint density at radius 1 is 1.45 bits per heavy atom. The topological polar surface area (TPSA) is 38.5 Å². The summed E-state index contributed by atoms with van der Waals surface area (Å²) in [7, 11) is 0. The van der Waals surface area contributed by atoms with Crippen molar-refractivity contribution >= 4 is 12.4 Å². The third kappa shape index (κ3) is 5.31. The van der Waals surface area contributed by atoms with E-state index in [0.29, 0.717) is 12.0 Å². The molecule has 0 aromatic heterocycles. The maximum absolute atomic E-state index is 6.01. The first-order chi connectivity index (χ1) is 9.15. The zero-order valence-corrected chi connectivity index (χ0v) is 13.4. The van der Waals surface area contributed by atoms with Gasteiger partial charge in [0.15, 0.2) is 0 Å². The van der Waals surface area contributed by atoms with E-state index in [1.165, 1.54) is 24.9 Å². The fraction of sp³-hybridized carbons (Fsp3) is 0.625. The van der Waals surface area contributed by atoms with Crippen LogP contribution in [0.3, 0.4) is 0 Å². The van der Waals surface area contributed by atoms with Gasteiger partial charge in [0.1, 0.15) is 12.4 Å². The van der Waals surface area contributed by atoms with Crippen LogP contribution in [0.2, 0.25) is 0 Å².